The minimum atomic E-state index is -2.66. The van der Waals surface area contributed by atoms with E-state index >= 15 is 0 Å². The maximum absolute atomic E-state index is 11.4. The van der Waals surface area contributed by atoms with Crippen LogP contribution in [-0.4, -0.2) is 33.4 Å². The summed E-state index contributed by atoms with van der Waals surface area (Å²) in [5.74, 6) is -0.309. The predicted molar refractivity (Wildman–Crippen MR) is 64.4 cm³/mol. The van der Waals surface area contributed by atoms with Gasteiger partial charge in [0.15, 0.2) is 5.25 Å². The molecule has 0 fully saturated rings. The van der Waals surface area contributed by atoms with Gasteiger partial charge in [-0.25, -0.2) is 9.55 Å². The number of hydrogen-bond donors (Lipinski definition) is 0. The summed E-state index contributed by atoms with van der Waals surface area (Å²) in [5.41, 5.74) is 0. The van der Waals surface area contributed by atoms with E-state index in [0.29, 0.717) is 0 Å². The lowest BCUT2D eigenvalue weighted by Gasteiger charge is -2.13. The second kappa shape index (κ2) is 5.46. The molecule has 20 heavy (non-hydrogen) atoms. The Morgan fingerprint density at radius 2 is 2.25 bits per heavy atom. The minimum absolute atomic E-state index is 0.0313. The summed E-state index contributed by atoms with van der Waals surface area (Å²) < 4.78 is 29.1. The van der Waals surface area contributed by atoms with Gasteiger partial charge in [-0.2, -0.15) is 0 Å². The molecule has 2 atom stereocenters. The van der Waals surface area contributed by atoms with Crippen molar-refractivity contribution < 1.29 is 18.1 Å². The van der Waals surface area contributed by atoms with E-state index in [2.05, 4.69) is 15.2 Å². The van der Waals surface area contributed by atoms with Crippen molar-refractivity contribution in [2.75, 3.05) is 0 Å². The van der Waals surface area contributed by atoms with E-state index in [0.717, 1.165) is 6.20 Å². The average molecular weight is 300 g/mol. The molecular formula is C9H10N5O5S-. The number of aromatic nitrogens is 4. The Bertz CT molecular complexity index is 665. The molecule has 2 aromatic rings. The van der Waals surface area contributed by atoms with Gasteiger partial charge in [-0.05, 0) is 22.9 Å². The Hall–Kier alpha value is -2.14. The normalized spacial score (nSPS) is 14.2. The highest BCUT2D eigenvalue weighted by molar-refractivity contribution is 7.79. The fourth-order valence-corrected chi connectivity index (χ4v) is 2.38. The molecule has 0 amide bonds. The fourth-order valence-electron chi connectivity index (χ4n) is 1.76. The number of nitrogens with zero attached hydrogens (tertiary/aromatic N) is 5. The zero-order valence-corrected chi connectivity index (χ0v) is 11.4. The van der Waals surface area contributed by atoms with Crippen molar-refractivity contribution in [2.45, 2.75) is 25.6 Å². The summed E-state index contributed by atoms with van der Waals surface area (Å²) in [7, 11) is 0. The van der Waals surface area contributed by atoms with Crippen molar-refractivity contribution in [3.8, 4) is 0 Å². The number of nitro groups is 1. The van der Waals surface area contributed by atoms with Crippen molar-refractivity contribution in [2.24, 2.45) is 0 Å². The van der Waals surface area contributed by atoms with Gasteiger partial charge in [0.25, 0.3) is 0 Å². The summed E-state index contributed by atoms with van der Waals surface area (Å²) in [4.78, 5) is 14.0. The molecule has 0 radical (unpaired) electrons. The molecule has 2 aromatic heterocycles. The fraction of sp³-hybridized carbons (Fsp3) is 0.444. The average Bonchev–Trinajstić information content (AvgIpc) is 2.96. The molecule has 11 heteroatoms. The third-order valence-corrected chi connectivity index (χ3v) is 3.36. The van der Waals surface area contributed by atoms with Gasteiger partial charge in [-0.1, -0.05) is 0 Å². The summed E-state index contributed by atoms with van der Waals surface area (Å²) in [5, 5.41) is 16.7. The summed E-state index contributed by atoms with van der Waals surface area (Å²) in [6.45, 7) is 3.34. The molecule has 0 spiro atoms. The molecule has 0 saturated heterocycles. The third kappa shape index (κ3) is 2.44. The van der Waals surface area contributed by atoms with Gasteiger partial charge < -0.3 is 19.1 Å². The lowest BCUT2D eigenvalue weighted by atomic mass is 10.4. The number of aryl methyl sites for hydroxylation is 1. The Morgan fingerprint density at radius 1 is 1.55 bits per heavy atom. The van der Waals surface area contributed by atoms with Crippen LogP contribution in [0.3, 0.4) is 0 Å². The summed E-state index contributed by atoms with van der Waals surface area (Å²) in [6, 6.07) is 0. The molecule has 0 bridgehead atoms. The minimum Gasteiger partial charge on any atom is -0.771 e. The van der Waals surface area contributed by atoms with Crippen LogP contribution in [0.4, 0.5) is 5.82 Å². The van der Waals surface area contributed by atoms with Gasteiger partial charge in [0.1, 0.15) is 6.20 Å². The van der Waals surface area contributed by atoms with Crippen molar-refractivity contribution in [3.63, 3.8) is 0 Å². The summed E-state index contributed by atoms with van der Waals surface area (Å²) >= 11 is -2.66. The monoisotopic (exact) mass is 300 g/mol. The smallest absolute Gasteiger partial charge is 0.342 e. The maximum atomic E-state index is 11.4. The van der Waals surface area contributed by atoms with Crippen molar-refractivity contribution in [1.29, 1.82) is 0 Å². The van der Waals surface area contributed by atoms with Crippen LogP contribution in [-0.2, 0) is 17.6 Å². The van der Waals surface area contributed by atoms with Gasteiger partial charge in [0.2, 0.25) is 17.6 Å². The number of hydrogen-bond acceptors (Lipinski definition) is 8. The molecule has 0 aliphatic heterocycles. The number of imidazole rings is 1. The highest BCUT2D eigenvalue weighted by Gasteiger charge is 2.32. The van der Waals surface area contributed by atoms with Crippen LogP contribution in [0.25, 0.3) is 0 Å². The van der Waals surface area contributed by atoms with E-state index in [1.807, 2.05) is 0 Å². The lowest BCUT2D eigenvalue weighted by Crippen LogP contribution is -2.15. The Kier molecular flexibility index (Phi) is 3.90. The van der Waals surface area contributed by atoms with Gasteiger partial charge in [0.05, 0.1) is 6.54 Å². The van der Waals surface area contributed by atoms with E-state index in [-0.39, 0.29) is 30.0 Å². The van der Waals surface area contributed by atoms with Gasteiger partial charge >= 0.3 is 5.82 Å². The Labute approximate surface area is 115 Å². The first kappa shape index (κ1) is 14.3. The van der Waals surface area contributed by atoms with Gasteiger partial charge in [-0.15, -0.1) is 10.2 Å². The van der Waals surface area contributed by atoms with Crippen LogP contribution >= 0.6 is 0 Å². The SMILES string of the molecule is CCn1c([N+](=O)[O-])cnc1C(c1nnc(C)o1)S(=O)[O-]. The molecule has 2 unspecified atom stereocenters. The highest BCUT2D eigenvalue weighted by atomic mass is 32.2. The molecule has 0 N–H and O–H groups in total. The molecule has 10 nitrogen and oxygen atoms in total. The second-order valence-corrected chi connectivity index (χ2v) is 4.77. The van der Waals surface area contributed by atoms with Crippen LogP contribution in [0.5, 0.6) is 0 Å². The van der Waals surface area contributed by atoms with E-state index in [4.69, 9.17) is 4.42 Å². The third-order valence-electron chi connectivity index (χ3n) is 2.56. The molecule has 2 heterocycles. The van der Waals surface area contributed by atoms with Crippen molar-refractivity contribution in [1.82, 2.24) is 19.7 Å². The van der Waals surface area contributed by atoms with Crippen molar-refractivity contribution >= 4 is 16.9 Å². The quantitative estimate of drug-likeness (QED) is 0.441. The molecular weight excluding hydrogens is 290 g/mol. The highest BCUT2D eigenvalue weighted by Crippen LogP contribution is 2.28. The maximum Gasteiger partial charge on any atom is 0.342 e. The molecule has 2 rings (SSSR count). The van der Waals surface area contributed by atoms with E-state index in [9.17, 15) is 18.9 Å². The van der Waals surface area contributed by atoms with Crippen LogP contribution in [0.2, 0.25) is 0 Å². The zero-order valence-electron chi connectivity index (χ0n) is 10.5. The standard InChI is InChI=1S/C9H11N5O5S/c1-3-13-6(14(15)16)4-10-8(13)7(20(17)18)9-12-11-5(2)19-9/h4,7H,3H2,1-2H3,(H,17,18)/p-1. The van der Waals surface area contributed by atoms with E-state index in [1.165, 1.54) is 11.5 Å². The largest absolute Gasteiger partial charge is 0.771 e. The van der Waals surface area contributed by atoms with Crippen LogP contribution in [0, 0.1) is 17.0 Å². The Morgan fingerprint density at radius 3 is 2.70 bits per heavy atom. The van der Waals surface area contributed by atoms with Crippen LogP contribution in [0.15, 0.2) is 10.6 Å². The topological polar surface area (TPSA) is 140 Å². The first-order chi connectivity index (χ1) is 9.45. The van der Waals surface area contributed by atoms with Gasteiger partial charge in [-0.3, -0.25) is 4.21 Å². The predicted octanol–water partition coefficient (Wildman–Crippen LogP) is 0.471. The van der Waals surface area contributed by atoms with E-state index in [1.54, 1.807) is 6.92 Å². The first-order valence-electron chi connectivity index (χ1n) is 5.53. The van der Waals surface area contributed by atoms with Gasteiger partial charge in [0, 0.05) is 6.92 Å². The molecule has 0 aromatic carbocycles. The molecule has 0 saturated carbocycles. The summed E-state index contributed by atoms with van der Waals surface area (Å²) in [6.07, 6.45) is 1.00. The zero-order chi connectivity index (χ0) is 14.9. The van der Waals surface area contributed by atoms with Crippen molar-refractivity contribution in [3.05, 3.63) is 33.9 Å². The molecule has 0 aliphatic carbocycles. The van der Waals surface area contributed by atoms with E-state index < -0.39 is 21.3 Å². The first-order valence-corrected chi connectivity index (χ1v) is 6.67. The molecule has 0 aliphatic rings. The lowest BCUT2D eigenvalue weighted by molar-refractivity contribution is -0.392. The molecule has 108 valence electrons. The second-order valence-electron chi connectivity index (χ2n) is 3.78. The van der Waals surface area contributed by atoms with Crippen LogP contribution in [0.1, 0.15) is 29.8 Å². The van der Waals surface area contributed by atoms with Crippen LogP contribution < -0.4 is 0 Å². The number of rotatable bonds is 5. The Balaban J connectivity index is 2.56.